The summed E-state index contributed by atoms with van der Waals surface area (Å²) in [5.41, 5.74) is 1.81. The molecule has 0 aromatic carbocycles. The van der Waals surface area contributed by atoms with E-state index < -0.39 is 16.6 Å². The van der Waals surface area contributed by atoms with E-state index in [0.29, 0.717) is 0 Å². The highest BCUT2D eigenvalue weighted by atomic mass is 35.5. The number of hydrogen-bond acceptors (Lipinski definition) is 6. The molecule has 0 radical (unpaired) electrons. The lowest BCUT2D eigenvalue weighted by Crippen LogP contribution is -2.48. The lowest BCUT2D eigenvalue weighted by Gasteiger charge is -2.44. The predicted octanol–water partition coefficient (Wildman–Crippen LogP) is 7.50. The summed E-state index contributed by atoms with van der Waals surface area (Å²) in [5.74, 6) is 0.911. The molecule has 4 rings (SSSR count). The SMILES string of the molecule is Cc1nn([C@H]2C[C@H](O[Si](C)(C)C(C)(C)C)C2)c2nc(Cl)nc(N3CCC[C@H]3CO[Si](C)(C)C(C)(C)C)c12. The molecule has 1 saturated heterocycles. The van der Waals surface area contributed by atoms with Crippen molar-refractivity contribution < 1.29 is 8.85 Å². The number of hydrogen-bond donors (Lipinski definition) is 0. The zero-order chi connectivity index (χ0) is 27.6. The number of fused-ring (bicyclic) bond motifs is 1. The maximum absolute atomic E-state index is 6.65. The van der Waals surface area contributed by atoms with E-state index in [1.165, 1.54) is 0 Å². The molecule has 0 spiro atoms. The minimum atomic E-state index is -1.83. The fraction of sp³-hybridized carbons (Fsp3) is 0.815. The molecule has 1 saturated carbocycles. The van der Waals surface area contributed by atoms with Gasteiger partial charge in [0.15, 0.2) is 22.3 Å². The van der Waals surface area contributed by atoms with Gasteiger partial charge in [0, 0.05) is 12.6 Å². The van der Waals surface area contributed by atoms with Crippen LogP contribution in [0.2, 0.25) is 41.5 Å². The summed E-state index contributed by atoms with van der Waals surface area (Å²) in [6, 6.07) is 0.568. The van der Waals surface area contributed by atoms with Crippen molar-refractivity contribution in [3.05, 3.63) is 11.0 Å². The van der Waals surface area contributed by atoms with Crippen LogP contribution in [0.3, 0.4) is 0 Å². The van der Waals surface area contributed by atoms with Gasteiger partial charge >= 0.3 is 0 Å². The number of aryl methyl sites for hydroxylation is 1. The standard InChI is InChI=1S/C27H48ClN5O2Si2/c1-18-22-23(32-14-12-13-19(32)17-34-36(8,9)26(2,3)4)29-25(28)30-24(22)33(31-18)20-15-21(16-20)35-37(10,11)27(5,6)7/h19-21H,12-17H2,1-11H3/t19-,20-,21-/m0/s1. The average molecular weight is 566 g/mol. The molecular formula is C27H48ClN5O2Si2. The van der Waals surface area contributed by atoms with Crippen LogP contribution in [0.25, 0.3) is 11.0 Å². The highest BCUT2D eigenvalue weighted by Crippen LogP contribution is 2.44. The monoisotopic (exact) mass is 565 g/mol. The topological polar surface area (TPSA) is 65.3 Å². The van der Waals surface area contributed by atoms with E-state index in [2.05, 4.69) is 89.2 Å². The first-order chi connectivity index (χ1) is 16.9. The van der Waals surface area contributed by atoms with E-state index in [-0.39, 0.29) is 33.5 Å². The zero-order valence-corrected chi connectivity index (χ0v) is 27.7. The number of nitrogens with zero attached hydrogens (tertiary/aromatic N) is 5. The van der Waals surface area contributed by atoms with Crippen molar-refractivity contribution in [2.24, 2.45) is 0 Å². The Morgan fingerprint density at radius 2 is 1.59 bits per heavy atom. The molecule has 37 heavy (non-hydrogen) atoms. The maximum atomic E-state index is 6.65. The molecular weight excluding hydrogens is 518 g/mol. The zero-order valence-electron chi connectivity index (χ0n) is 24.9. The first-order valence-corrected chi connectivity index (χ1v) is 20.1. The van der Waals surface area contributed by atoms with Crippen molar-refractivity contribution in [1.29, 1.82) is 0 Å². The Morgan fingerprint density at radius 3 is 2.19 bits per heavy atom. The second kappa shape index (κ2) is 9.87. The van der Waals surface area contributed by atoms with Crippen LogP contribution >= 0.6 is 11.6 Å². The van der Waals surface area contributed by atoms with E-state index in [4.69, 9.17) is 30.5 Å². The third kappa shape index (κ3) is 5.67. The van der Waals surface area contributed by atoms with Crippen molar-refractivity contribution in [2.75, 3.05) is 18.1 Å². The smallest absolute Gasteiger partial charge is 0.226 e. The Hall–Kier alpha value is -1.01. The molecule has 0 amide bonds. The van der Waals surface area contributed by atoms with Crippen molar-refractivity contribution in [3.63, 3.8) is 0 Å². The first kappa shape index (κ1) is 29.0. The van der Waals surface area contributed by atoms with Gasteiger partial charge in [-0.3, -0.25) is 0 Å². The van der Waals surface area contributed by atoms with Crippen LogP contribution in [0.5, 0.6) is 0 Å². The fourth-order valence-corrected chi connectivity index (χ4v) is 7.44. The van der Waals surface area contributed by atoms with Gasteiger partial charge in [-0.15, -0.1) is 0 Å². The summed E-state index contributed by atoms with van der Waals surface area (Å²) in [5, 5.41) is 6.68. The molecule has 1 aliphatic heterocycles. The van der Waals surface area contributed by atoms with Crippen LogP contribution < -0.4 is 4.90 Å². The van der Waals surface area contributed by atoms with Gasteiger partial charge in [0.1, 0.15) is 5.82 Å². The molecule has 7 nitrogen and oxygen atoms in total. The van der Waals surface area contributed by atoms with E-state index >= 15 is 0 Å². The van der Waals surface area contributed by atoms with Gasteiger partial charge in [-0.1, -0.05) is 41.5 Å². The van der Waals surface area contributed by atoms with E-state index in [0.717, 1.165) is 61.4 Å². The van der Waals surface area contributed by atoms with Crippen molar-refractivity contribution >= 4 is 45.1 Å². The van der Waals surface area contributed by atoms with Gasteiger partial charge in [-0.25, -0.2) is 4.68 Å². The van der Waals surface area contributed by atoms with Crippen molar-refractivity contribution in [3.8, 4) is 0 Å². The summed E-state index contributed by atoms with van der Waals surface area (Å²) in [6.45, 7) is 26.8. The van der Waals surface area contributed by atoms with Crippen molar-refractivity contribution in [2.45, 2.75) is 129 Å². The lowest BCUT2D eigenvalue weighted by molar-refractivity contribution is 0.0543. The minimum absolute atomic E-state index is 0.189. The quantitative estimate of drug-likeness (QED) is 0.256. The number of halogens is 1. The van der Waals surface area contributed by atoms with Crippen LogP contribution in [0.15, 0.2) is 0 Å². The Morgan fingerprint density at radius 1 is 0.973 bits per heavy atom. The molecule has 208 valence electrons. The summed E-state index contributed by atoms with van der Waals surface area (Å²) < 4.78 is 15.4. The third-order valence-corrected chi connectivity index (χ3v) is 18.7. The maximum Gasteiger partial charge on any atom is 0.226 e. The van der Waals surface area contributed by atoms with E-state index in [1.807, 2.05) is 0 Å². The second-order valence-corrected chi connectivity index (χ2v) is 24.1. The Bertz CT molecular complexity index is 1130. The molecule has 1 aliphatic carbocycles. The summed E-state index contributed by atoms with van der Waals surface area (Å²) in [6.07, 6.45) is 4.44. The number of aromatic nitrogens is 4. The van der Waals surface area contributed by atoms with Crippen LogP contribution in [0, 0.1) is 6.92 Å². The molecule has 0 unspecified atom stereocenters. The van der Waals surface area contributed by atoms with Gasteiger partial charge in [0.25, 0.3) is 0 Å². The average Bonchev–Trinajstić information content (AvgIpc) is 3.31. The highest BCUT2D eigenvalue weighted by molar-refractivity contribution is 6.74. The number of rotatable bonds is 7. The van der Waals surface area contributed by atoms with Crippen LogP contribution in [0.4, 0.5) is 5.82 Å². The normalized spacial score (nSPS) is 23.7. The molecule has 2 aliphatic rings. The van der Waals surface area contributed by atoms with Gasteiger partial charge < -0.3 is 13.8 Å². The van der Waals surface area contributed by atoms with Gasteiger partial charge in [0.05, 0.1) is 29.8 Å². The Balaban J connectivity index is 1.56. The van der Waals surface area contributed by atoms with Gasteiger partial charge in [-0.2, -0.15) is 15.1 Å². The summed E-state index contributed by atoms with van der Waals surface area (Å²) in [4.78, 5) is 11.8. The summed E-state index contributed by atoms with van der Waals surface area (Å²) >= 11 is 6.54. The summed E-state index contributed by atoms with van der Waals surface area (Å²) in [7, 11) is -3.62. The second-order valence-electron chi connectivity index (χ2n) is 14.2. The predicted molar refractivity (Wildman–Crippen MR) is 159 cm³/mol. The van der Waals surface area contributed by atoms with Gasteiger partial charge in [0.2, 0.25) is 5.28 Å². The number of anilines is 1. The molecule has 2 aromatic heterocycles. The molecule has 3 heterocycles. The molecule has 0 N–H and O–H groups in total. The van der Waals surface area contributed by atoms with Crippen LogP contribution in [-0.2, 0) is 8.85 Å². The Labute approximate surface area is 230 Å². The van der Waals surface area contributed by atoms with E-state index in [1.54, 1.807) is 0 Å². The molecule has 0 bridgehead atoms. The van der Waals surface area contributed by atoms with Crippen molar-refractivity contribution in [1.82, 2.24) is 19.7 Å². The van der Waals surface area contributed by atoms with Crippen LogP contribution in [0.1, 0.15) is 79.0 Å². The largest absolute Gasteiger partial charge is 0.415 e. The molecule has 1 atom stereocenters. The molecule has 10 heteroatoms. The lowest BCUT2D eigenvalue weighted by atomic mass is 9.90. The minimum Gasteiger partial charge on any atom is -0.415 e. The Kier molecular flexibility index (Phi) is 7.74. The first-order valence-electron chi connectivity index (χ1n) is 13.9. The van der Waals surface area contributed by atoms with E-state index in [9.17, 15) is 0 Å². The molecule has 2 aromatic rings. The molecule has 2 fully saturated rings. The fourth-order valence-electron chi connectivity index (χ4n) is 4.86. The third-order valence-electron chi connectivity index (χ3n) is 9.46. The van der Waals surface area contributed by atoms with Gasteiger partial charge in [-0.05, 0) is 80.5 Å². The van der Waals surface area contributed by atoms with Crippen LogP contribution in [-0.4, -0.2) is 61.7 Å². The highest BCUT2D eigenvalue weighted by Gasteiger charge is 2.44.